The summed E-state index contributed by atoms with van der Waals surface area (Å²) in [4.78, 5) is 2.50. The van der Waals surface area contributed by atoms with Crippen LogP contribution in [0.5, 0.6) is 0 Å². The fourth-order valence-electron chi connectivity index (χ4n) is 1.62. The van der Waals surface area contributed by atoms with Gasteiger partial charge >= 0.3 is 83.3 Å². The zero-order valence-corrected chi connectivity index (χ0v) is 12.4. The minimum absolute atomic E-state index is 0.803. The number of hydrogen-bond acceptors (Lipinski definition) is 2. The Balaban J connectivity index is 0.000000671. The molecule has 13 heavy (non-hydrogen) atoms. The Morgan fingerprint density at radius 1 is 1.31 bits per heavy atom. The van der Waals surface area contributed by atoms with Gasteiger partial charge in [0.1, 0.15) is 0 Å². The van der Waals surface area contributed by atoms with Crippen molar-refractivity contribution in [2.75, 3.05) is 26.7 Å². The van der Waals surface area contributed by atoms with Crippen molar-refractivity contribution < 1.29 is 0 Å². The fourth-order valence-corrected chi connectivity index (χ4v) is 2.67. The molecule has 0 aromatic carbocycles. The zero-order valence-electron chi connectivity index (χ0n) is 9.51. The summed E-state index contributed by atoms with van der Waals surface area (Å²) in [5, 5.41) is 0. The van der Waals surface area contributed by atoms with Crippen molar-refractivity contribution in [2.45, 2.75) is 39.7 Å². The van der Waals surface area contributed by atoms with E-state index in [0.29, 0.717) is 0 Å². The van der Waals surface area contributed by atoms with Gasteiger partial charge in [-0.15, -0.1) is 0 Å². The normalized spacial score (nSPS) is 26.1. The standard InChI is InChI=1S/C8H17N2.C2H6.Sn/c1-3-8-7-9-5-4-6-10(8)2;1-2;/h8H,3-7H2,1-2H3;1-2H3;/q-1;;+1. The van der Waals surface area contributed by atoms with Gasteiger partial charge in [-0.3, -0.25) is 0 Å². The average Bonchev–Trinajstić information content (AvgIpc) is 2.31. The van der Waals surface area contributed by atoms with Crippen molar-refractivity contribution >= 4 is 22.8 Å². The molecule has 0 bridgehead atoms. The van der Waals surface area contributed by atoms with Crippen LogP contribution in [0.1, 0.15) is 33.6 Å². The van der Waals surface area contributed by atoms with Crippen LogP contribution >= 0.6 is 0 Å². The first-order chi connectivity index (χ1) is 6.24. The summed E-state index contributed by atoms with van der Waals surface area (Å²) >= 11 is 1.59. The van der Waals surface area contributed by atoms with Gasteiger partial charge in [0.05, 0.1) is 0 Å². The van der Waals surface area contributed by atoms with E-state index in [1.807, 2.05) is 13.8 Å². The maximum absolute atomic E-state index is 2.53. The molecule has 3 radical (unpaired) electrons. The van der Waals surface area contributed by atoms with E-state index < -0.39 is 0 Å². The van der Waals surface area contributed by atoms with Gasteiger partial charge in [-0.2, -0.15) is 0 Å². The molecule has 0 amide bonds. The van der Waals surface area contributed by atoms with E-state index in [9.17, 15) is 0 Å². The second-order valence-corrected chi connectivity index (χ2v) is 5.15. The Labute approximate surface area is 97.1 Å². The third-order valence-electron chi connectivity index (χ3n) is 2.46. The van der Waals surface area contributed by atoms with Crippen LogP contribution < -0.4 is 0 Å². The van der Waals surface area contributed by atoms with Crippen molar-refractivity contribution in [2.24, 2.45) is 0 Å². The molecule has 0 N–H and O–H groups in total. The maximum atomic E-state index is 2.53. The molecule has 1 saturated heterocycles. The quantitative estimate of drug-likeness (QED) is 0.675. The van der Waals surface area contributed by atoms with E-state index in [1.165, 1.54) is 32.5 Å². The number of likely N-dealkylation sites (N-methyl/N-ethyl adjacent to an activating group) is 1. The second kappa shape index (κ2) is 8.06. The fraction of sp³-hybridized carbons (Fsp3) is 1.00. The Hall–Kier alpha value is 0.719. The predicted octanol–water partition coefficient (Wildman–Crippen LogP) is 1.51. The van der Waals surface area contributed by atoms with Crippen LogP contribution in [0.2, 0.25) is 0 Å². The molecule has 1 rings (SSSR count). The van der Waals surface area contributed by atoms with Crippen molar-refractivity contribution in [3.05, 3.63) is 0 Å². The molecule has 0 aliphatic carbocycles. The molecule has 1 unspecified atom stereocenters. The molecular weight excluding hydrogens is 267 g/mol. The molecule has 1 aliphatic heterocycles. The van der Waals surface area contributed by atoms with Gasteiger partial charge in [0.15, 0.2) is 0 Å². The summed E-state index contributed by atoms with van der Waals surface area (Å²) in [6, 6.07) is 0.803. The van der Waals surface area contributed by atoms with Gasteiger partial charge < -0.3 is 0 Å². The molecule has 0 aromatic rings. The minimum atomic E-state index is 0.803. The van der Waals surface area contributed by atoms with Gasteiger partial charge in [0, 0.05) is 0 Å². The van der Waals surface area contributed by atoms with Crippen LogP contribution in [0.3, 0.4) is 0 Å². The predicted molar refractivity (Wildman–Crippen MR) is 60.0 cm³/mol. The average molecular weight is 290 g/mol. The van der Waals surface area contributed by atoms with E-state index in [0.717, 1.165) is 6.04 Å². The summed E-state index contributed by atoms with van der Waals surface area (Å²) < 4.78 is 2.53. The summed E-state index contributed by atoms with van der Waals surface area (Å²) in [5.74, 6) is 0. The number of nitrogens with zero attached hydrogens (tertiary/aromatic N) is 2. The Morgan fingerprint density at radius 2 is 1.92 bits per heavy atom. The molecule has 0 spiro atoms. The molecule has 1 fully saturated rings. The van der Waals surface area contributed by atoms with E-state index in [2.05, 4.69) is 22.0 Å². The third-order valence-corrected chi connectivity index (χ3v) is 3.62. The Bertz CT molecular complexity index is 119. The first-order valence-electron chi connectivity index (χ1n) is 5.40. The van der Waals surface area contributed by atoms with Gasteiger partial charge in [-0.25, -0.2) is 0 Å². The van der Waals surface area contributed by atoms with Crippen LogP contribution in [-0.4, -0.2) is 63.5 Å². The van der Waals surface area contributed by atoms with Crippen LogP contribution in [0.4, 0.5) is 0 Å². The first-order valence-corrected chi connectivity index (χ1v) is 6.68. The molecule has 1 atom stereocenters. The summed E-state index contributed by atoms with van der Waals surface area (Å²) in [5.41, 5.74) is 0. The van der Waals surface area contributed by atoms with Crippen LogP contribution in [0, 0.1) is 0 Å². The molecule has 2 nitrogen and oxygen atoms in total. The van der Waals surface area contributed by atoms with E-state index in [1.54, 1.807) is 22.8 Å². The molecule has 1 aliphatic rings. The number of rotatable bonds is 1. The van der Waals surface area contributed by atoms with E-state index in [-0.39, 0.29) is 0 Å². The van der Waals surface area contributed by atoms with Crippen molar-refractivity contribution in [1.29, 1.82) is 0 Å². The van der Waals surface area contributed by atoms with Crippen LogP contribution in [-0.2, 0) is 0 Å². The van der Waals surface area contributed by atoms with Crippen LogP contribution in [0.25, 0.3) is 0 Å². The summed E-state index contributed by atoms with van der Waals surface area (Å²) in [6.45, 7) is 10.2. The molecule has 77 valence electrons. The SMILES string of the molecule is CC.CCC1C[N]([Sn])CCCN1C. The topological polar surface area (TPSA) is 6.48 Å². The monoisotopic (exact) mass is 291 g/mol. The van der Waals surface area contributed by atoms with E-state index in [4.69, 9.17) is 0 Å². The van der Waals surface area contributed by atoms with Gasteiger partial charge in [-0.1, -0.05) is 13.8 Å². The Kier molecular flexibility index (Phi) is 8.51. The van der Waals surface area contributed by atoms with Crippen molar-refractivity contribution in [3.8, 4) is 0 Å². The second-order valence-electron chi connectivity index (χ2n) is 3.34. The summed E-state index contributed by atoms with van der Waals surface area (Å²) in [7, 11) is 2.25. The van der Waals surface area contributed by atoms with Crippen molar-refractivity contribution in [1.82, 2.24) is 8.02 Å². The Morgan fingerprint density at radius 3 is 2.46 bits per heavy atom. The van der Waals surface area contributed by atoms with Gasteiger partial charge in [0.25, 0.3) is 0 Å². The summed E-state index contributed by atoms with van der Waals surface area (Å²) in [6.07, 6.45) is 2.64. The molecule has 1 heterocycles. The van der Waals surface area contributed by atoms with Crippen LogP contribution in [0.15, 0.2) is 0 Å². The molecule has 0 aromatic heterocycles. The van der Waals surface area contributed by atoms with Gasteiger partial charge in [-0.05, 0) is 0 Å². The molecular formula is C10H23N2Sn. The first kappa shape index (κ1) is 13.7. The molecule has 3 heteroatoms. The molecule has 0 saturated carbocycles. The van der Waals surface area contributed by atoms with Gasteiger partial charge in [0.2, 0.25) is 0 Å². The van der Waals surface area contributed by atoms with E-state index >= 15 is 0 Å². The zero-order chi connectivity index (χ0) is 10.3. The third kappa shape index (κ3) is 5.23. The van der Waals surface area contributed by atoms with Crippen molar-refractivity contribution in [3.63, 3.8) is 0 Å². The number of hydrogen-bond donors (Lipinski definition) is 0.